The summed E-state index contributed by atoms with van der Waals surface area (Å²) in [6, 6.07) is 0. The third-order valence-electron chi connectivity index (χ3n) is 5.99. The summed E-state index contributed by atoms with van der Waals surface area (Å²) in [7, 11) is -0.0983. The van der Waals surface area contributed by atoms with Crippen molar-refractivity contribution >= 4 is 7.82 Å². The molecule has 0 saturated carbocycles. The van der Waals surface area contributed by atoms with E-state index in [0.717, 1.165) is 44.3 Å². The summed E-state index contributed by atoms with van der Waals surface area (Å²) in [6.07, 6.45) is 21.2. The predicted octanol–water partition coefficient (Wildman–Crippen LogP) is 6.68. The highest BCUT2D eigenvalue weighted by atomic mass is 31.2. The van der Waals surface area contributed by atoms with Crippen molar-refractivity contribution in [1.82, 2.24) is 0 Å². The Bertz CT molecular complexity index is 493. The third-order valence-corrected chi connectivity index (χ3v) is 6.86. The van der Waals surface area contributed by atoms with E-state index in [2.05, 4.69) is 21.0 Å². The first-order valence-corrected chi connectivity index (χ1v) is 13.5. The van der Waals surface area contributed by atoms with Gasteiger partial charge in [0.25, 0.3) is 0 Å². The molecule has 0 aliphatic carbocycles. The van der Waals surface area contributed by atoms with Gasteiger partial charge in [-0.1, -0.05) is 90.4 Å². The number of hydrogen-bond donors (Lipinski definition) is 0. The van der Waals surface area contributed by atoms with Crippen LogP contribution in [0.2, 0.25) is 0 Å². The third kappa shape index (κ3) is 13.5. The second-order valence-electron chi connectivity index (χ2n) is 9.10. The Morgan fingerprint density at radius 2 is 1.38 bits per heavy atom. The van der Waals surface area contributed by atoms with Crippen LogP contribution < -0.4 is 4.89 Å². The number of likely N-dealkylation sites (tertiary alicyclic amines) is 1. The molecular weight excluding hydrogens is 385 g/mol. The lowest BCUT2D eigenvalue weighted by molar-refractivity contribution is -0.843. The van der Waals surface area contributed by atoms with E-state index in [1.165, 1.54) is 76.9 Å². The van der Waals surface area contributed by atoms with Gasteiger partial charge in [0, 0.05) is 12.8 Å². The topological polar surface area (TPSA) is 58.6 Å². The molecule has 1 fully saturated rings. The van der Waals surface area contributed by atoms with Crippen LogP contribution in [0.15, 0.2) is 12.0 Å². The summed E-state index contributed by atoms with van der Waals surface area (Å²) in [4.78, 5) is 11.9. The van der Waals surface area contributed by atoms with Gasteiger partial charge in [0.15, 0.2) is 0 Å². The predicted molar refractivity (Wildman–Crippen MR) is 119 cm³/mol. The van der Waals surface area contributed by atoms with Crippen LogP contribution in [-0.2, 0) is 13.6 Å². The highest BCUT2D eigenvalue weighted by Gasteiger charge is 2.29. The van der Waals surface area contributed by atoms with Gasteiger partial charge >= 0.3 is 7.82 Å². The lowest BCUT2D eigenvalue weighted by Crippen LogP contribution is -2.33. The fourth-order valence-electron chi connectivity index (χ4n) is 3.93. The van der Waals surface area contributed by atoms with E-state index in [9.17, 15) is 9.46 Å². The number of rotatable bonds is 18. The van der Waals surface area contributed by atoms with Crippen LogP contribution in [-0.4, -0.2) is 31.7 Å². The molecule has 172 valence electrons. The maximum atomic E-state index is 11.9. The van der Waals surface area contributed by atoms with Gasteiger partial charge in [-0.25, -0.2) is 0 Å². The van der Waals surface area contributed by atoms with E-state index >= 15 is 0 Å². The maximum Gasteiger partial charge on any atom is 0.319 e. The molecule has 1 atom stereocenters. The van der Waals surface area contributed by atoms with E-state index in [1.807, 2.05) is 0 Å². The molecule has 0 spiro atoms. The van der Waals surface area contributed by atoms with Gasteiger partial charge in [-0.05, 0) is 6.42 Å². The Morgan fingerprint density at radius 1 is 0.897 bits per heavy atom. The average molecular weight is 432 g/mol. The molecule has 1 heterocycles. The molecule has 1 aliphatic heterocycles. The molecule has 1 rings (SSSR count). The van der Waals surface area contributed by atoms with Crippen LogP contribution in [0.4, 0.5) is 0 Å². The number of nitrogens with zero attached hydrogens (tertiary/aromatic N) is 1. The normalized spacial score (nSPS) is 19.5. The van der Waals surface area contributed by atoms with Crippen LogP contribution in [0, 0.1) is 0 Å². The molecule has 0 radical (unpaired) electrons. The van der Waals surface area contributed by atoms with Crippen molar-refractivity contribution in [2.75, 3.05) is 27.2 Å². The SMILES string of the molecule is CCCCCCCCCCCCCCCCOP(=O)([O-])OC=C1CCC[N+]1(C)C. The molecule has 0 bridgehead atoms. The first-order valence-electron chi connectivity index (χ1n) is 12.0. The van der Waals surface area contributed by atoms with Crippen molar-refractivity contribution in [2.24, 2.45) is 0 Å². The smallest absolute Gasteiger partial charge is 0.319 e. The van der Waals surface area contributed by atoms with Crippen LogP contribution in [0.3, 0.4) is 0 Å². The molecular formula is C23H46NO4P. The molecule has 1 saturated heterocycles. The molecule has 29 heavy (non-hydrogen) atoms. The summed E-state index contributed by atoms with van der Waals surface area (Å²) in [6.45, 7) is 3.50. The van der Waals surface area contributed by atoms with E-state index in [-0.39, 0.29) is 6.61 Å². The Morgan fingerprint density at radius 3 is 1.83 bits per heavy atom. The maximum absolute atomic E-state index is 11.9. The summed E-state index contributed by atoms with van der Waals surface area (Å²) in [5.74, 6) is 0. The number of phosphoric ester groups is 1. The standard InChI is InChI=1S/C23H46NO4P/c1-4-5-6-7-8-9-10-11-12-13-14-15-16-17-21-27-29(25,26)28-22-23-19-18-20-24(23,2)3/h22H,4-21H2,1-3H3. The lowest BCUT2D eigenvalue weighted by Gasteiger charge is -2.26. The van der Waals surface area contributed by atoms with Gasteiger partial charge in [0.1, 0.15) is 12.0 Å². The van der Waals surface area contributed by atoms with Gasteiger partial charge in [-0.3, -0.25) is 9.05 Å². The molecule has 6 heteroatoms. The lowest BCUT2D eigenvalue weighted by atomic mass is 10.0. The molecule has 0 amide bonds. The van der Waals surface area contributed by atoms with E-state index in [4.69, 9.17) is 9.05 Å². The number of phosphoric acid groups is 1. The molecule has 1 unspecified atom stereocenters. The quantitative estimate of drug-likeness (QED) is 0.105. The number of hydrogen-bond acceptors (Lipinski definition) is 4. The molecule has 0 aromatic carbocycles. The average Bonchev–Trinajstić information content (AvgIpc) is 3.01. The van der Waals surface area contributed by atoms with Crippen molar-refractivity contribution in [3.63, 3.8) is 0 Å². The first-order chi connectivity index (χ1) is 13.9. The highest BCUT2D eigenvalue weighted by Crippen LogP contribution is 2.40. The second-order valence-corrected chi connectivity index (χ2v) is 10.5. The molecule has 1 aliphatic rings. The zero-order valence-corrected chi connectivity index (χ0v) is 20.2. The summed E-state index contributed by atoms with van der Waals surface area (Å²) in [5.41, 5.74) is 1.00. The van der Waals surface area contributed by atoms with Crippen molar-refractivity contribution < 1.29 is 23.0 Å². The molecule has 0 aromatic heterocycles. The fraction of sp³-hybridized carbons (Fsp3) is 0.913. The van der Waals surface area contributed by atoms with Gasteiger partial charge in [-0.2, -0.15) is 0 Å². The fourth-order valence-corrected chi connectivity index (χ4v) is 4.60. The van der Waals surface area contributed by atoms with Crippen molar-refractivity contribution in [1.29, 1.82) is 0 Å². The van der Waals surface area contributed by atoms with E-state index < -0.39 is 7.82 Å². The molecule has 0 aromatic rings. The highest BCUT2D eigenvalue weighted by molar-refractivity contribution is 7.45. The number of unbranched alkanes of at least 4 members (excludes halogenated alkanes) is 13. The summed E-state index contributed by atoms with van der Waals surface area (Å²) in [5, 5.41) is 0. The Labute approximate surface area is 180 Å². The Kier molecular flexibility index (Phi) is 14.2. The van der Waals surface area contributed by atoms with Crippen molar-refractivity contribution in [3.05, 3.63) is 12.0 Å². The van der Waals surface area contributed by atoms with Gasteiger partial charge in [0.2, 0.25) is 0 Å². The monoisotopic (exact) mass is 431 g/mol. The number of quaternary nitrogens is 1. The van der Waals surface area contributed by atoms with E-state index in [1.54, 1.807) is 0 Å². The van der Waals surface area contributed by atoms with Crippen LogP contribution >= 0.6 is 7.82 Å². The molecule has 5 nitrogen and oxygen atoms in total. The van der Waals surface area contributed by atoms with Gasteiger partial charge in [-0.15, -0.1) is 0 Å². The molecule has 0 N–H and O–H groups in total. The van der Waals surface area contributed by atoms with E-state index in [0.29, 0.717) is 4.48 Å². The van der Waals surface area contributed by atoms with Gasteiger partial charge in [0.05, 0.1) is 27.2 Å². The first kappa shape index (κ1) is 26.7. The van der Waals surface area contributed by atoms with Crippen LogP contribution in [0.5, 0.6) is 0 Å². The Hall–Kier alpha value is -0.350. The summed E-state index contributed by atoms with van der Waals surface area (Å²) >= 11 is 0. The zero-order chi connectivity index (χ0) is 21.4. The van der Waals surface area contributed by atoms with Gasteiger partial charge < -0.3 is 13.9 Å². The van der Waals surface area contributed by atoms with Crippen molar-refractivity contribution in [3.8, 4) is 0 Å². The minimum atomic E-state index is -4.22. The minimum Gasteiger partial charge on any atom is -0.746 e. The second kappa shape index (κ2) is 15.5. The van der Waals surface area contributed by atoms with Crippen LogP contribution in [0.25, 0.3) is 0 Å². The zero-order valence-electron chi connectivity index (χ0n) is 19.3. The minimum absolute atomic E-state index is 0.222. The van der Waals surface area contributed by atoms with Crippen molar-refractivity contribution in [2.45, 2.75) is 110 Å². The number of allylic oxidation sites excluding steroid dienone is 1. The Balaban J connectivity index is 1.91. The summed E-state index contributed by atoms with van der Waals surface area (Å²) < 4.78 is 22.5. The van der Waals surface area contributed by atoms with Crippen LogP contribution in [0.1, 0.15) is 110 Å². The largest absolute Gasteiger partial charge is 0.746 e.